The van der Waals surface area contributed by atoms with Gasteiger partial charge in [-0.15, -0.1) is 0 Å². The van der Waals surface area contributed by atoms with E-state index in [0.717, 1.165) is 5.56 Å². The zero-order valence-corrected chi connectivity index (χ0v) is 19.9. The number of ether oxygens (including phenoxy) is 3. The highest BCUT2D eigenvalue weighted by Crippen LogP contribution is 2.30. The maximum absolute atomic E-state index is 12.7. The van der Waals surface area contributed by atoms with Crippen molar-refractivity contribution in [2.24, 2.45) is 0 Å². The van der Waals surface area contributed by atoms with E-state index in [2.05, 4.69) is 0 Å². The third-order valence-electron chi connectivity index (χ3n) is 5.52. The Morgan fingerprint density at radius 2 is 1.79 bits per heavy atom. The quantitative estimate of drug-likeness (QED) is 0.430. The Bertz CT molecular complexity index is 1000. The molecular formula is C25H29ClN2O5. The first kappa shape index (κ1) is 24.6. The standard InChI is InChI=1S/C25H29ClN2O5/c1-4-33-22-17-18(9-11-21(22)31-2)10-12-23(29)27-13-15-28(16-14-27)24(25(30)32-3)19-7-5-6-8-20(19)26/h5-12,17,24H,4,13-16H2,1-3H3/b12-10+. The van der Waals surface area contributed by atoms with Crippen LogP contribution in [0.5, 0.6) is 11.5 Å². The van der Waals surface area contributed by atoms with Crippen LogP contribution in [0.25, 0.3) is 6.08 Å². The topological polar surface area (TPSA) is 68.3 Å². The second kappa shape index (κ2) is 11.7. The molecule has 33 heavy (non-hydrogen) atoms. The molecule has 7 nitrogen and oxygen atoms in total. The average molecular weight is 473 g/mol. The number of carbonyl (C=O) groups is 2. The van der Waals surface area contributed by atoms with E-state index in [1.54, 1.807) is 30.2 Å². The van der Waals surface area contributed by atoms with Crippen LogP contribution in [0.3, 0.4) is 0 Å². The van der Waals surface area contributed by atoms with Crippen LogP contribution < -0.4 is 9.47 Å². The zero-order chi connectivity index (χ0) is 23.8. The molecule has 1 saturated heterocycles. The summed E-state index contributed by atoms with van der Waals surface area (Å²) in [5.74, 6) is 0.829. The number of hydrogen-bond acceptors (Lipinski definition) is 6. The number of halogens is 1. The highest BCUT2D eigenvalue weighted by Gasteiger charge is 2.33. The number of carbonyl (C=O) groups excluding carboxylic acids is 2. The molecule has 8 heteroatoms. The van der Waals surface area contributed by atoms with E-state index in [1.807, 2.05) is 48.2 Å². The van der Waals surface area contributed by atoms with E-state index in [-0.39, 0.29) is 11.9 Å². The molecule has 0 bridgehead atoms. The lowest BCUT2D eigenvalue weighted by atomic mass is 10.0. The molecule has 0 radical (unpaired) electrons. The Morgan fingerprint density at radius 3 is 2.42 bits per heavy atom. The largest absolute Gasteiger partial charge is 0.493 e. The Hall–Kier alpha value is -3.03. The van der Waals surface area contributed by atoms with Gasteiger partial charge in [-0.05, 0) is 42.3 Å². The number of esters is 1. The Morgan fingerprint density at radius 1 is 1.06 bits per heavy atom. The van der Waals surface area contributed by atoms with Gasteiger partial charge >= 0.3 is 5.97 Å². The van der Waals surface area contributed by atoms with Crippen molar-refractivity contribution in [2.75, 3.05) is 47.0 Å². The predicted octanol–water partition coefficient (Wildman–Crippen LogP) is 3.82. The SMILES string of the molecule is CCOc1cc(/C=C/C(=O)N2CCN(C(C(=O)OC)c3ccccc3Cl)CC2)ccc1OC. The number of rotatable bonds is 8. The summed E-state index contributed by atoms with van der Waals surface area (Å²) >= 11 is 6.34. The Kier molecular flexibility index (Phi) is 8.74. The van der Waals surface area contributed by atoms with Crippen molar-refractivity contribution in [2.45, 2.75) is 13.0 Å². The summed E-state index contributed by atoms with van der Waals surface area (Å²) in [7, 11) is 2.96. The van der Waals surface area contributed by atoms with E-state index in [1.165, 1.54) is 7.11 Å². The van der Waals surface area contributed by atoms with Crippen molar-refractivity contribution in [3.8, 4) is 11.5 Å². The van der Waals surface area contributed by atoms with Gasteiger partial charge in [-0.25, -0.2) is 4.79 Å². The van der Waals surface area contributed by atoms with Crippen molar-refractivity contribution in [3.63, 3.8) is 0 Å². The summed E-state index contributed by atoms with van der Waals surface area (Å²) in [6.07, 6.45) is 3.32. The number of benzene rings is 2. The summed E-state index contributed by atoms with van der Waals surface area (Å²) in [5, 5.41) is 0.514. The van der Waals surface area contributed by atoms with Gasteiger partial charge in [0.15, 0.2) is 11.5 Å². The first-order valence-electron chi connectivity index (χ1n) is 10.8. The zero-order valence-electron chi connectivity index (χ0n) is 19.1. The molecule has 3 rings (SSSR count). The van der Waals surface area contributed by atoms with Gasteiger partial charge in [-0.1, -0.05) is 35.9 Å². The minimum Gasteiger partial charge on any atom is -0.493 e. The number of hydrogen-bond donors (Lipinski definition) is 0. The Labute approximate surface area is 199 Å². The van der Waals surface area contributed by atoms with Crippen molar-refractivity contribution < 1.29 is 23.8 Å². The summed E-state index contributed by atoms with van der Waals surface area (Å²) in [6, 6.07) is 12.2. The van der Waals surface area contributed by atoms with E-state index in [4.69, 9.17) is 25.8 Å². The van der Waals surface area contributed by atoms with Crippen LogP contribution in [-0.2, 0) is 14.3 Å². The van der Waals surface area contributed by atoms with Crippen LogP contribution in [0, 0.1) is 0 Å². The lowest BCUT2D eigenvalue weighted by Gasteiger charge is -2.38. The molecule has 0 spiro atoms. The van der Waals surface area contributed by atoms with Crippen LogP contribution in [0.4, 0.5) is 0 Å². The third kappa shape index (κ3) is 6.06. The molecule has 2 aromatic carbocycles. The van der Waals surface area contributed by atoms with Crippen molar-refractivity contribution >= 4 is 29.6 Å². The van der Waals surface area contributed by atoms with E-state index < -0.39 is 6.04 Å². The van der Waals surface area contributed by atoms with E-state index in [0.29, 0.717) is 54.9 Å². The molecule has 2 aromatic rings. The van der Waals surface area contributed by atoms with Gasteiger partial charge < -0.3 is 19.1 Å². The smallest absolute Gasteiger partial charge is 0.327 e. The molecule has 1 aliphatic rings. The predicted molar refractivity (Wildman–Crippen MR) is 128 cm³/mol. The van der Waals surface area contributed by atoms with Crippen molar-refractivity contribution in [1.29, 1.82) is 0 Å². The summed E-state index contributed by atoms with van der Waals surface area (Å²) in [5.41, 5.74) is 1.55. The minimum absolute atomic E-state index is 0.0872. The number of amides is 1. The van der Waals surface area contributed by atoms with Gasteiger partial charge in [0.25, 0.3) is 0 Å². The normalized spacial score (nSPS) is 15.3. The van der Waals surface area contributed by atoms with Gasteiger partial charge in [-0.2, -0.15) is 0 Å². The number of methoxy groups -OCH3 is 2. The summed E-state index contributed by atoms with van der Waals surface area (Å²) < 4.78 is 15.9. The fourth-order valence-electron chi connectivity index (χ4n) is 3.82. The molecule has 0 aliphatic carbocycles. The van der Waals surface area contributed by atoms with Crippen LogP contribution in [0.15, 0.2) is 48.5 Å². The van der Waals surface area contributed by atoms with Gasteiger partial charge in [-0.3, -0.25) is 9.69 Å². The minimum atomic E-state index is -0.604. The highest BCUT2D eigenvalue weighted by atomic mass is 35.5. The molecule has 0 saturated carbocycles. The number of piperazine rings is 1. The second-order valence-electron chi connectivity index (χ2n) is 7.49. The molecule has 1 unspecified atom stereocenters. The molecule has 0 aromatic heterocycles. The average Bonchev–Trinajstić information content (AvgIpc) is 2.84. The Balaban J connectivity index is 1.65. The van der Waals surface area contributed by atoms with Crippen LogP contribution >= 0.6 is 11.6 Å². The molecule has 1 amide bonds. The fraction of sp³-hybridized carbons (Fsp3) is 0.360. The van der Waals surface area contributed by atoms with Crippen molar-refractivity contribution in [1.82, 2.24) is 9.80 Å². The lowest BCUT2D eigenvalue weighted by Crippen LogP contribution is -2.50. The molecule has 1 fully saturated rings. The molecule has 1 aliphatic heterocycles. The van der Waals surface area contributed by atoms with Crippen LogP contribution in [-0.4, -0.2) is 68.7 Å². The fourth-order valence-corrected chi connectivity index (χ4v) is 4.06. The van der Waals surface area contributed by atoms with Crippen LogP contribution in [0.2, 0.25) is 5.02 Å². The van der Waals surface area contributed by atoms with Gasteiger partial charge in [0.1, 0.15) is 6.04 Å². The molecular weight excluding hydrogens is 444 g/mol. The van der Waals surface area contributed by atoms with Gasteiger partial charge in [0, 0.05) is 37.3 Å². The molecule has 1 heterocycles. The molecule has 176 valence electrons. The lowest BCUT2D eigenvalue weighted by molar-refractivity contribution is -0.148. The van der Waals surface area contributed by atoms with Gasteiger partial charge in [0.2, 0.25) is 5.91 Å². The number of nitrogens with zero attached hydrogens (tertiary/aromatic N) is 2. The van der Waals surface area contributed by atoms with Crippen molar-refractivity contribution in [3.05, 3.63) is 64.7 Å². The van der Waals surface area contributed by atoms with E-state index >= 15 is 0 Å². The summed E-state index contributed by atoms with van der Waals surface area (Å²) in [6.45, 7) is 4.47. The first-order valence-corrected chi connectivity index (χ1v) is 11.2. The summed E-state index contributed by atoms with van der Waals surface area (Å²) in [4.78, 5) is 29.0. The molecule has 1 atom stereocenters. The monoisotopic (exact) mass is 472 g/mol. The highest BCUT2D eigenvalue weighted by molar-refractivity contribution is 6.31. The van der Waals surface area contributed by atoms with Gasteiger partial charge in [0.05, 0.1) is 20.8 Å². The molecule has 0 N–H and O–H groups in total. The maximum Gasteiger partial charge on any atom is 0.327 e. The third-order valence-corrected chi connectivity index (χ3v) is 5.87. The van der Waals surface area contributed by atoms with Crippen LogP contribution in [0.1, 0.15) is 24.1 Å². The van der Waals surface area contributed by atoms with E-state index in [9.17, 15) is 9.59 Å². The first-order chi connectivity index (χ1) is 16.0. The second-order valence-corrected chi connectivity index (χ2v) is 7.89. The maximum atomic E-state index is 12.7.